The number of anilines is 1. The van der Waals surface area contributed by atoms with Crippen LogP contribution in [0.4, 0.5) is 5.69 Å². The van der Waals surface area contributed by atoms with Crippen LogP contribution in [0.1, 0.15) is 10.4 Å². The first kappa shape index (κ1) is 20.7. The summed E-state index contributed by atoms with van der Waals surface area (Å²) in [4.78, 5) is 12.3. The van der Waals surface area contributed by atoms with E-state index in [9.17, 15) is 13.2 Å². The van der Waals surface area contributed by atoms with Crippen molar-refractivity contribution in [3.63, 3.8) is 0 Å². The molecule has 0 unspecified atom stereocenters. The number of sulfonamides is 1. The molecule has 1 amide bonds. The molecule has 0 heterocycles. The lowest BCUT2D eigenvalue weighted by atomic mass is 10.2. The molecular formula is C21H19ClN2O4S. The second kappa shape index (κ2) is 9.45. The van der Waals surface area contributed by atoms with Gasteiger partial charge in [0.25, 0.3) is 15.9 Å². The topological polar surface area (TPSA) is 84.5 Å². The van der Waals surface area contributed by atoms with E-state index >= 15 is 0 Å². The fourth-order valence-electron chi connectivity index (χ4n) is 2.50. The summed E-state index contributed by atoms with van der Waals surface area (Å²) in [6.07, 6.45) is 0. The Morgan fingerprint density at radius 3 is 2.41 bits per heavy atom. The summed E-state index contributed by atoms with van der Waals surface area (Å²) in [5, 5.41) is 2.99. The SMILES string of the molecule is O=C(NCCOc1ccccc1)c1cccc(S(=O)(=O)Nc2ccccc2Cl)c1. The lowest BCUT2D eigenvalue weighted by molar-refractivity contribution is 0.0947. The fourth-order valence-corrected chi connectivity index (χ4v) is 3.87. The first-order valence-corrected chi connectivity index (χ1v) is 10.7. The third-order valence-corrected chi connectivity index (χ3v) is 5.62. The van der Waals surface area contributed by atoms with Crippen molar-refractivity contribution in [2.75, 3.05) is 17.9 Å². The zero-order chi connectivity index (χ0) is 20.7. The molecule has 0 saturated heterocycles. The Kier molecular flexibility index (Phi) is 6.74. The summed E-state index contributed by atoms with van der Waals surface area (Å²) >= 11 is 6.01. The fraction of sp³-hybridized carbons (Fsp3) is 0.0952. The van der Waals surface area contributed by atoms with Crippen LogP contribution >= 0.6 is 11.6 Å². The number of hydrogen-bond acceptors (Lipinski definition) is 4. The molecule has 0 spiro atoms. The number of carbonyl (C=O) groups is 1. The van der Waals surface area contributed by atoms with Crippen molar-refractivity contribution in [3.05, 3.63) is 89.4 Å². The smallest absolute Gasteiger partial charge is 0.261 e. The van der Waals surface area contributed by atoms with Crippen molar-refractivity contribution in [1.82, 2.24) is 5.32 Å². The molecule has 3 aromatic rings. The Morgan fingerprint density at radius 2 is 1.66 bits per heavy atom. The molecule has 2 N–H and O–H groups in total. The van der Waals surface area contributed by atoms with Crippen molar-refractivity contribution in [2.45, 2.75) is 4.90 Å². The lowest BCUT2D eigenvalue weighted by Gasteiger charge is -2.11. The standard InChI is InChI=1S/C21H19ClN2O4S/c22-19-11-4-5-12-20(19)24-29(26,27)18-10-6-7-16(15-18)21(25)23-13-14-28-17-8-2-1-3-9-17/h1-12,15,24H,13-14H2,(H,23,25). The maximum atomic E-state index is 12.6. The van der Waals surface area contributed by atoms with Crippen LogP contribution in [0, 0.1) is 0 Å². The molecule has 6 nitrogen and oxygen atoms in total. The molecule has 29 heavy (non-hydrogen) atoms. The van der Waals surface area contributed by atoms with Gasteiger partial charge >= 0.3 is 0 Å². The lowest BCUT2D eigenvalue weighted by Crippen LogP contribution is -2.28. The van der Waals surface area contributed by atoms with Gasteiger partial charge in [-0.2, -0.15) is 0 Å². The molecule has 0 aliphatic rings. The van der Waals surface area contributed by atoms with Crippen LogP contribution < -0.4 is 14.8 Å². The van der Waals surface area contributed by atoms with Gasteiger partial charge in [0.1, 0.15) is 12.4 Å². The van der Waals surface area contributed by atoms with E-state index in [1.165, 1.54) is 18.2 Å². The van der Waals surface area contributed by atoms with Crippen LogP contribution in [-0.4, -0.2) is 27.5 Å². The Bertz CT molecular complexity index is 1090. The summed E-state index contributed by atoms with van der Waals surface area (Å²) < 4.78 is 33.2. The highest BCUT2D eigenvalue weighted by molar-refractivity contribution is 7.92. The molecule has 0 aliphatic carbocycles. The van der Waals surface area contributed by atoms with Crippen LogP contribution in [0.2, 0.25) is 5.02 Å². The second-order valence-corrected chi connectivity index (χ2v) is 8.12. The van der Waals surface area contributed by atoms with Crippen LogP contribution in [-0.2, 0) is 10.0 Å². The molecule has 3 rings (SSSR count). The minimum Gasteiger partial charge on any atom is -0.492 e. The van der Waals surface area contributed by atoms with Gasteiger partial charge in [-0.15, -0.1) is 0 Å². The number of amides is 1. The van der Waals surface area contributed by atoms with E-state index < -0.39 is 15.9 Å². The van der Waals surface area contributed by atoms with Crippen LogP contribution in [0.25, 0.3) is 0 Å². The normalized spacial score (nSPS) is 10.9. The number of ether oxygens (including phenoxy) is 1. The number of halogens is 1. The van der Waals surface area contributed by atoms with Gasteiger partial charge in [0.05, 0.1) is 22.2 Å². The van der Waals surface area contributed by atoms with Crippen molar-refractivity contribution >= 4 is 33.2 Å². The molecule has 3 aromatic carbocycles. The molecule has 0 atom stereocenters. The van der Waals surface area contributed by atoms with Crippen molar-refractivity contribution in [1.29, 1.82) is 0 Å². The monoisotopic (exact) mass is 430 g/mol. The van der Waals surface area contributed by atoms with E-state index in [1.807, 2.05) is 30.3 Å². The second-order valence-electron chi connectivity index (χ2n) is 6.03. The van der Waals surface area contributed by atoms with E-state index in [2.05, 4.69) is 10.0 Å². The van der Waals surface area contributed by atoms with Gasteiger partial charge in [-0.3, -0.25) is 9.52 Å². The quantitative estimate of drug-likeness (QED) is 0.530. The van der Waals surface area contributed by atoms with Crippen LogP contribution in [0.15, 0.2) is 83.8 Å². The van der Waals surface area contributed by atoms with Gasteiger partial charge in [-0.1, -0.05) is 48.0 Å². The Balaban J connectivity index is 1.62. The molecule has 150 valence electrons. The zero-order valence-electron chi connectivity index (χ0n) is 15.3. The van der Waals surface area contributed by atoms with Gasteiger partial charge in [0, 0.05) is 5.56 Å². The molecule has 0 bridgehead atoms. The summed E-state index contributed by atoms with van der Waals surface area (Å²) in [6.45, 7) is 0.574. The molecule has 0 fully saturated rings. The van der Waals surface area contributed by atoms with Gasteiger partial charge in [0.15, 0.2) is 0 Å². The average Bonchev–Trinajstić information content (AvgIpc) is 2.73. The molecule has 8 heteroatoms. The summed E-state index contributed by atoms with van der Waals surface area (Å²) in [5.41, 5.74) is 0.494. The highest BCUT2D eigenvalue weighted by Gasteiger charge is 2.17. The zero-order valence-corrected chi connectivity index (χ0v) is 16.9. The maximum Gasteiger partial charge on any atom is 0.261 e. The van der Waals surface area contributed by atoms with Gasteiger partial charge < -0.3 is 10.1 Å². The van der Waals surface area contributed by atoms with E-state index in [0.717, 1.165) is 0 Å². The van der Waals surface area contributed by atoms with E-state index in [-0.39, 0.29) is 27.7 Å². The maximum absolute atomic E-state index is 12.6. The third kappa shape index (κ3) is 5.73. The summed E-state index contributed by atoms with van der Waals surface area (Å²) in [7, 11) is -3.89. The molecular weight excluding hydrogens is 412 g/mol. The minimum atomic E-state index is -3.89. The van der Waals surface area contributed by atoms with Gasteiger partial charge in [-0.05, 0) is 42.5 Å². The molecule has 0 aliphatic heterocycles. The highest BCUT2D eigenvalue weighted by Crippen LogP contribution is 2.24. The number of nitrogens with one attached hydrogen (secondary N) is 2. The number of hydrogen-bond donors (Lipinski definition) is 2. The van der Waals surface area contributed by atoms with Gasteiger partial charge in [0.2, 0.25) is 0 Å². The minimum absolute atomic E-state index is 0.0365. The number of carbonyl (C=O) groups excluding carboxylic acids is 1. The predicted octanol–water partition coefficient (Wildman–Crippen LogP) is 3.95. The first-order valence-electron chi connectivity index (χ1n) is 8.79. The van der Waals surface area contributed by atoms with Gasteiger partial charge in [-0.25, -0.2) is 8.42 Å². The Labute approximate surface area is 174 Å². The van der Waals surface area contributed by atoms with Crippen molar-refractivity contribution in [3.8, 4) is 5.75 Å². The first-order chi connectivity index (χ1) is 14.0. The molecule has 0 aromatic heterocycles. The largest absolute Gasteiger partial charge is 0.492 e. The van der Waals surface area contributed by atoms with E-state index in [4.69, 9.17) is 16.3 Å². The number of rotatable bonds is 8. The average molecular weight is 431 g/mol. The van der Waals surface area contributed by atoms with Crippen molar-refractivity contribution < 1.29 is 17.9 Å². The summed E-state index contributed by atoms with van der Waals surface area (Å²) in [5.74, 6) is 0.317. The third-order valence-electron chi connectivity index (χ3n) is 3.92. The van der Waals surface area contributed by atoms with Crippen molar-refractivity contribution in [2.24, 2.45) is 0 Å². The van der Waals surface area contributed by atoms with Crippen LogP contribution in [0.5, 0.6) is 5.75 Å². The Hall–Kier alpha value is -3.03. The number of benzene rings is 3. The summed E-state index contributed by atoms with van der Waals surface area (Å²) in [6, 6.07) is 21.5. The Morgan fingerprint density at radius 1 is 0.931 bits per heavy atom. The van der Waals surface area contributed by atoms with Crippen LogP contribution in [0.3, 0.4) is 0 Å². The molecule has 0 radical (unpaired) electrons. The highest BCUT2D eigenvalue weighted by atomic mass is 35.5. The van der Waals surface area contributed by atoms with E-state index in [0.29, 0.717) is 12.4 Å². The predicted molar refractivity (Wildman–Crippen MR) is 113 cm³/mol. The number of para-hydroxylation sites is 2. The van der Waals surface area contributed by atoms with E-state index in [1.54, 1.807) is 30.3 Å². The molecule has 0 saturated carbocycles.